The van der Waals surface area contributed by atoms with Crippen molar-refractivity contribution in [2.75, 3.05) is 111 Å². The molecule has 2 atom stereocenters. The maximum absolute atomic E-state index is 15.2. The minimum atomic E-state index is -1.62. The van der Waals surface area contributed by atoms with Crippen molar-refractivity contribution in [3.63, 3.8) is 0 Å². The van der Waals surface area contributed by atoms with Crippen molar-refractivity contribution in [1.82, 2.24) is 44.9 Å². The van der Waals surface area contributed by atoms with E-state index in [9.17, 15) is 57.8 Å². The molecule has 0 heterocycles. The maximum atomic E-state index is 15.2. The number of carbonyl (C=O) groups is 13. The van der Waals surface area contributed by atoms with Crippen LogP contribution in [0.1, 0.15) is 208 Å². The molecule has 0 saturated heterocycles. The summed E-state index contributed by atoms with van der Waals surface area (Å²) >= 11 is 0. The third-order valence-electron chi connectivity index (χ3n) is 12.5. The molecule has 0 aromatic heterocycles. The first-order chi connectivity index (χ1) is 47.0. The summed E-state index contributed by atoms with van der Waals surface area (Å²) in [6.07, 6.45) is -4.43. The Morgan fingerprint density at radius 2 is 0.467 bits per heavy atom. The van der Waals surface area contributed by atoms with Crippen molar-refractivity contribution in [3.05, 3.63) is 0 Å². The van der Waals surface area contributed by atoms with Crippen molar-refractivity contribution < 1.29 is 115 Å². The molecule has 0 aliphatic carbocycles. The van der Waals surface area contributed by atoms with Gasteiger partial charge in [-0.05, 0) is 208 Å². The number of aliphatic carboxylic acids is 1. The number of hydrogen-bond acceptors (Lipinski definition) is 28. The minimum Gasteiger partial charge on any atom is -0.480 e. The summed E-state index contributed by atoms with van der Waals surface area (Å²) in [6, 6.07) is -3.24. The summed E-state index contributed by atoms with van der Waals surface area (Å²) in [6.45, 7) is 38.9. The van der Waals surface area contributed by atoms with Gasteiger partial charge >= 0.3 is 66.2 Å². The number of amides is 6. The summed E-state index contributed by atoms with van der Waals surface area (Å²) in [5, 5.41) is 15.8. The van der Waals surface area contributed by atoms with Crippen LogP contribution in [0.25, 0.3) is 0 Å². The fourth-order valence-electron chi connectivity index (χ4n) is 9.15. The Bertz CT molecular complexity index is 2620. The number of carboxylic acids is 1. The number of rotatable bonds is 34. The molecule has 606 valence electrons. The lowest BCUT2D eigenvalue weighted by Crippen LogP contribution is -2.58. The van der Waals surface area contributed by atoms with Crippen molar-refractivity contribution in [2.24, 2.45) is 0 Å². The summed E-state index contributed by atoms with van der Waals surface area (Å²) in [4.78, 5) is 189. The number of esters is 6. The summed E-state index contributed by atoms with van der Waals surface area (Å²) in [5.41, 5.74) is -10.8. The van der Waals surface area contributed by atoms with E-state index in [1.807, 2.05) is 0 Å². The van der Waals surface area contributed by atoms with Gasteiger partial charge in [0.15, 0.2) is 0 Å². The Balaban J connectivity index is 8.29. The fourth-order valence-corrected chi connectivity index (χ4v) is 9.15. The molecule has 6 amide bonds. The second-order valence-corrected chi connectivity index (χ2v) is 35.3. The lowest BCUT2D eigenvalue weighted by Gasteiger charge is -2.36. The summed E-state index contributed by atoms with van der Waals surface area (Å²) < 4.78 is 56.4. The molecule has 0 aromatic rings. The minimum absolute atomic E-state index is 0.274. The van der Waals surface area contributed by atoms with Gasteiger partial charge in [-0.3, -0.25) is 67.7 Å². The average molecular weight is 1500 g/mol. The van der Waals surface area contributed by atoms with E-state index in [4.69, 9.17) is 47.4 Å². The first-order valence-corrected chi connectivity index (χ1v) is 35.2. The van der Waals surface area contributed by atoms with Gasteiger partial charge in [-0.25, -0.2) is 29.0 Å². The fraction of sp³-hybridized carbons (Fsp3) is 0.819. The largest absolute Gasteiger partial charge is 0.480 e. The normalized spacial score (nSPS) is 13.4. The van der Waals surface area contributed by atoms with E-state index in [1.54, 1.807) is 208 Å². The topological polar surface area (TPSA) is 381 Å². The molecule has 105 heavy (non-hydrogen) atoms. The predicted molar refractivity (Wildman–Crippen MR) is 387 cm³/mol. The number of hydrogen-bond donors (Lipinski definition) is 3. The Morgan fingerprint density at radius 1 is 0.267 bits per heavy atom. The molecule has 0 aliphatic rings. The molecular formula is C72H129N9O24. The van der Waals surface area contributed by atoms with Crippen LogP contribution in [0.5, 0.6) is 0 Å². The number of ether oxygens (including phenoxy) is 10. The SMILES string of the molecule is CC(C)(C)OC(=O)CN(CCN(C(=O)OC(C)(C)C)C(=O)OC(C)(C)C)CC(C(=O)NCCN(CCNC(=O)C(CN(CCN(C(=O)OC(C)(C)C)C(=O)OC(C)(C)C)CC(=O)OC(C)(C)C)N(CC(=O)OC(C)(C)C)CC(=O)OC(C)(C)C)CC(=O)O)N(CC(=O)OC(C)(C)C)CC(=O)OC(C)(C)C. The van der Waals surface area contributed by atoms with E-state index in [0.717, 1.165) is 9.80 Å². The zero-order valence-corrected chi connectivity index (χ0v) is 68.6. The molecule has 0 aromatic carbocycles. The molecule has 3 N–H and O–H groups in total. The van der Waals surface area contributed by atoms with Gasteiger partial charge in [0, 0.05) is 65.4 Å². The standard InChI is InChI=1S/C72H129N9O24/c1-63(2,3)96-51(84)42-76(35-37-80(59(92)102-69(19,20)21)60(93)103-70(22,23)24)39-48(78(44-53(86)98-65(7,8)9)45-54(87)99-66(10,11)12)57(90)73-31-33-75(41-50(82)83)34-32-74-58(91)49(79(46-55(88)100-67(13,14)15)47-56(89)101-68(16,17)18)40-77(43-52(85)97-64(4,5)6)36-38-81(61(94)104-71(25,26)27)62(95)105-72(28,29)30/h48-49H,31-47H2,1-30H3,(H,73,90)(H,74,91)(H,82,83). The molecule has 2 unspecified atom stereocenters. The van der Waals surface area contributed by atoms with Crippen LogP contribution >= 0.6 is 0 Å². The van der Waals surface area contributed by atoms with Crippen molar-refractivity contribution >= 4 is 78.0 Å². The first-order valence-electron chi connectivity index (χ1n) is 35.2. The van der Waals surface area contributed by atoms with Gasteiger partial charge in [0.05, 0.1) is 45.8 Å². The first kappa shape index (κ1) is 97.5. The van der Waals surface area contributed by atoms with E-state index in [-0.39, 0.29) is 39.3 Å². The predicted octanol–water partition coefficient (Wildman–Crippen LogP) is 6.95. The Labute approximate surface area is 622 Å². The van der Waals surface area contributed by atoms with Gasteiger partial charge in [0.25, 0.3) is 0 Å². The molecule has 0 fully saturated rings. The van der Waals surface area contributed by atoms with Crippen LogP contribution in [0.4, 0.5) is 19.2 Å². The lowest BCUT2D eigenvalue weighted by atomic mass is 10.1. The van der Waals surface area contributed by atoms with Crippen LogP contribution in [0.2, 0.25) is 0 Å². The van der Waals surface area contributed by atoms with Gasteiger partial charge in [-0.1, -0.05) is 0 Å². The van der Waals surface area contributed by atoms with E-state index >= 15 is 9.59 Å². The van der Waals surface area contributed by atoms with Crippen molar-refractivity contribution in [1.29, 1.82) is 0 Å². The van der Waals surface area contributed by atoms with E-state index < -0.39 is 218 Å². The number of carboxylic acid groups (broad SMARTS) is 1. The molecule has 0 spiro atoms. The third kappa shape index (κ3) is 49.1. The molecular weight excluding hydrogens is 1370 g/mol. The molecule has 0 bridgehead atoms. The molecule has 33 heteroatoms. The average Bonchev–Trinajstić information content (AvgIpc) is 0.844. The zero-order chi connectivity index (χ0) is 82.2. The summed E-state index contributed by atoms with van der Waals surface area (Å²) in [5.74, 6) is -8.36. The van der Waals surface area contributed by atoms with Gasteiger partial charge in [0.1, 0.15) is 68.1 Å². The highest BCUT2D eigenvalue weighted by atomic mass is 16.6. The van der Waals surface area contributed by atoms with Crippen LogP contribution in [0, 0.1) is 0 Å². The smallest absolute Gasteiger partial charge is 0.419 e. The zero-order valence-electron chi connectivity index (χ0n) is 68.6. The molecule has 0 saturated carbocycles. The highest BCUT2D eigenvalue weighted by Crippen LogP contribution is 2.21. The van der Waals surface area contributed by atoms with Crippen LogP contribution in [-0.4, -0.2) is 297 Å². The Hall–Kier alpha value is -7.49. The molecule has 33 nitrogen and oxygen atoms in total. The van der Waals surface area contributed by atoms with Crippen LogP contribution < -0.4 is 10.6 Å². The Morgan fingerprint density at radius 3 is 0.657 bits per heavy atom. The van der Waals surface area contributed by atoms with E-state index in [2.05, 4.69) is 10.6 Å². The summed E-state index contributed by atoms with van der Waals surface area (Å²) in [7, 11) is 0. The monoisotopic (exact) mass is 1500 g/mol. The molecule has 0 rings (SSSR count). The van der Waals surface area contributed by atoms with Crippen molar-refractivity contribution in [2.45, 2.75) is 276 Å². The second kappa shape index (κ2) is 40.5. The number of nitrogens with zero attached hydrogens (tertiary/aromatic N) is 7. The van der Waals surface area contributed by atoms with Crippen LogP contribution in [0.15, 0.2) is 0 Å². The molecule has 0 aliphatic heterocycles. The number of imide groups is 2. The second-order valence-electron chi connectivity index (χ2n) is 35.3. The maximum Gasteiger partial charge on any atom is 0.419 e. The van der Waals surface area contributed by atoms with E-state index in [1.165, 1.54) is 14.7 Å². The lowest BCUT2D eigenvalue weighted by molar-refractivity contribution is -0.164. The van der Waals surface area contributed by atoms with Crippen LogP contribution in [-0.2, 0) is 90.5 Å². The van der Waals surface area contributed by atoms with Crippen molar-refractivity contribution in [3.8, 4) is 0 Å². The highest BCUT2D eigenvalue weighted by Gasteiger charge is 2.40. The van der Waals surface area contributed by atoms with Gasteiger partial charge < -0.3 is 63.1 Å². The quantitative estimate of drug-likeness (QED) is 0.0433. The highest BCUT2D eigenvalue weighted by molar-refractivity contribution is 5.89. The van der Waals surface area contributed by atoms with Gasteiger partial charge in [-0.15, -0.1) is 0 Å². The molecule has 0 radical (unpaired) electrons. The van der Waals surface area contributed by atoms with Gasteiger partial charge in [-0.2, -0.15) is 0 Å². The third-order valence-corrected chi connectivity index (χ3v) is 12.5. The number of carbonyl (C=O) groups excluding carboxylic acids is 12. The van der Waals surface area contributed by atoms with Gasteiger partial charge in [0.2, 0.25) is 11.8 Å². The number of nitrogens with one attached hydrogen (secondary N) is 2. The van der Waals surface area contributed by atoms with E-state index in [0.29, 0.717) is 9.80 Å². The van der Waals surface area contributed by atoms with Crippen LogP contribution in [0.3, 0.4) is 0 Å². The Kier molecular flexibility index (Phi) is 37.6.